The standard InChI is InChI=1S/C12H10N2O/c15-12(11-7-3-5-9-14-11)10-6-2-1-4-8-13-10/h2-9H,1H2. The van der Waals surface area contributed by atoms with Crippen molar-refractivity contribution in [3.8, 4) is 0 Å². The van der Waals surface area contributed by atoms with E-state index in [2.05, 4.69) is 9.98 Å². The first-order chi connectivity index (χ1) is 7.38. The number of hydrogen-bond donors (Lipinski definition) is 0. The highest BCUT2D eigenvalue weighted by Gasteiger charge is 2.11. The number of aliphatic imine (C=N–C) groups is 1. The molecule has 0 saturated carbocycles. The molecule has 0 amide bonds. The smallest absolute Gasteiger partial charge is 0.229 e. The third kappa shape index (κ3) is 2.26. The van der Waals surface area contributed by atoms with E-state index in [9.17, 15) is 4.79 Å². The van der Waals surface area contributed by atoms with Gasteiger partial charge in [0.25, 0.3) is 0 Å². The van der Waals surface area contributed by atoms with Crippen LogP contribution in [-0.4, -0.2) is 16.5 Å². The van der Waals surface area contributed by atoms with E-state index < -0.39 is 0 Å². The molecule has 3 nitrogen and oxygen atoms in total. The summed E-state index contributed by atoms with van der Waals surface area (Å²) in [7, 11) is 0. The fourth-order valence-corrected chi connectivity index (χ4v) is 1.26. The number of ketones is 1. The second-order valence-electron chi connectivity index (χ2n) is 3.08. The van der Waals surface area contributed by atoms with E-state index in [1.54, 1.807) is 36.7 Å². The molecule has 1 aromatic heterocycles. The number of carbonyl (C=O) groups excluding carboxylic acids is 1. The zero-order chi connectivity index (χ0) is 10.5. The van der Waals surface area contributed by atoms with Gasteiger partial charge in [-0.1, -0.05) is 18.2 Å². The molecule has 0 saturated heterocycles. The first-order valence-electron chi connectivity index (χ1n) is 4.73. The largest absolute Gasteiger partial charge is 0.285 e. The van der Waals surface area contributed by atoms with Gasteiger partial charge in [-0.25, -0.2) is 0 Å². The minimum atomic E-state index is -0.140. The number of hydrogen-bond acceptors (Lipinski definition) is 3. The normalized spacial score (nSPS) is 14.5. The quantitative estimate of drug-likeness (QED) is 0.683. The van der Waals surface area contributed by atoms with E-state index in [4.69, 9.17) is 0 Å². The number of rotatable bonds is 2. The number of carbonyl (C=O) groups is 1. The predicted octanol–water partition coefficient (Wildman–Crippen LogP) is 2.18. The Morgan fingerprint density at radius 3 is 3.00 bits per heavy atom. The van der Waals surface area contributed by atoms with Crippen molar-refractivity contribution in [3.05, 3.63) is 54.5 Å². The Morgan fingerprint density at radius 2 is 2.20 bits per heavy atom. The van der Waals surface area contributed by atoms with Gasteiger partial charge in [-0.2, -0.15) is 0 Å². The second-order valence-corrected chi connectivity index (χ2v) is 3.08. The summed E-state index contributed by atoms with van der Waals surface area (Å²) in [4.78, 5) is 19.9. The Balaban J connectivity index is 2.29. The Labute approximate surface area is 87.9 Å². The zero-order valence-electron chi connectivity index (χ0n) is 8.13. The molecule has 2 heterocycles. The summed E-state index contributed by atoms with van der Waals surface area (Å²) in [6.45, 7) is 0. The van der Waals surface area contributed by atoms with Gasteiger partial charge in [0.15, 0.2) is 0 Å². The SMILES string of the molecule is O=C(C1=NC=CCC=C1)c1ccccn1. The van der Waals surface area contributed by atoms with Crippen LogP contribution < -0.4 is 0 Å². The first kappa shape index (κ1) is 9.52. The van der Waals surface area contributed by atoms with Gasteiger partial charge >= 0.3 is 0 Å². The van der Waals surface area contributed by atoms with Gasteiger partial charge in [0.1, 0.15) is 11.4 Å². The number of pyridine rings is 1. The molecule has 0 unspecified atom stereocenters. The molecule has 1 aromatic rings. The Morgan fingerprint density at radius 1 is 1.27 bits per heavy atom. The van der Waals surface area contributed by atoms with Crippen LogP contribution in [0.15, 0.2) is 53.8 Å². The van der Waals surface area contributed by atoms with Crippen molar-refractivity contribution in [2.24, 2.45) is 4.99 Å². The van der Waals surface area contributed by atoms with Crippen molar-refractivity contribution in [3.63, 3.8) is 0 Å². The monoisotopic (exact) mass is 198 g/mol. The molecule has 0 spiro atoms. The minimum Gasteiger partial charge on any atom is -0.285 e. The van der Waals surface area contributed by atoms with Crippen LogP contribution >= 0.6 is 0 Å². The summed E-state index contributed by atoms with van der Waals surface area (Å²) in [6, 6.07) is 5.26. The van der Waals surface area contributed by atoms with Crippen LogP contribution in [0.2, 0.25) is 0 Å². The molecule has 0 aliphatic carbocycles. The minimum absolute atomic E-state index is 0.140. The van der Waals surface area contributed by atoms with Crippen molar-refractivity contribution >= 4 is 11.5 Å². The summed E-state index contributed by atoms with van der Waals surface area (Å²) in [6.07, 6.45) is 9.60. The van der Waals surface area contributed by atoms with E-state index in [1.165, 1.54) is 0 Å². The molecular formula is C12H10N2O. The highest BCUT2D eigenvalue weighted by atomic mass is 16.1. The van der Waals surface area contributed by atoms with Gasteiger partial charge in [-0.15, -0.1) is 0 Å². The third-order valence-corrected chi connectivity index (χ3v) is 2.00. The average Bonchev–Trinajstić information content (AvgIpc) is 2.58. The first-order valence-corrected chi connectivity index (χ1v) is 4.73. The van der Waals surface area contributed by atoms with Crippen LogP contribution in [0.3, 0.4) is 0 Å². The molecule has 0 radical (unpaired) electrons. The zero-order valence-corrected chi connectivity index (χ0v) is 8.13. The van der Waals surface area contributed by atoms with Crippen molar-refractivity contribution < 1.29 is 4.79 Å². The number of aromatic nitrogens is 1. The lowest BCUT2D eigenvalue weighted by Crippen LogP contribution is -2.12. The molecule has 2 rings (SSSR count). The predicted molar refractivity (Wildman–Crippen MR) is 58.9 cm³/mol. The lowest BCUT2D eigenvalue weighted by Gasteiger charge is -1.97. The maximum atomic E-state index is 11.9. The molecule has 0 fully saturated rings. The molecule has 0 atom stereocenters. The molecular weight excluding hydrogens is 188 g/mol. The van der Waals surface area contributed by atoms with Crippen molar-refractivity contribution in [2.75, 3.05) is 0 Å². The summed E-state index contributed by atoms with van der Waals surface area (Å²) in [5.41, 5.74) is 0.860. The highest BCUT2D eigenvalue weighted by Crippen LogP contribution is 2.02. The summed E-state index contributed by atoms with van der Waals surface area (Å²) < 4.78 is 0. The Kier molecular flexibility index (Phi) is 2.83. The van der Waals surface area contributed by atoms with Gasteiger partial charge in [-0.3, -0.25) is 14.8 Å². The third-order valence-electron chi connectivity index (χ3n) is 2.00. The van der Waals surface area contributed by atoms with Gasteiger partial charge in [0, 0.05) is 12.4 Å². The highest BCUT2D eigenvalue weighted by molar-refractivity contribution is 6.49. The molecule has 0 bridgehead atoms. The van der Waals surface area contributed by atoms with Crippen LogP contribution in [-0.2, 0) is 0 Å². The molecule has 0 aromatic carbocycles. The van der Waals surface area contributed by atoms with Gasteiger partial charge in [0.05, 0.1) is 0 Å². The van der Waals surface area contributed by atoms with Gasteiger partial charge in [-0.05, 0) is 24.6 Å². The Bertz CT molecular complexity index is 444. The van der Waals surface area contributed by atoms with Crippen LogP contribution in [0.4, 0.5) is 0 Å². The van der Waals surface area contributed by atoms with E-state index >= 15 is 0 Å². The van der Waals surface area contributed by atoms with Gasteiger partial charge < -0.3 is 0 Å². The van der Waals surface area contributed by atoms with E-state index in [0.29, 0.717) is 11.4 Å². The molecule has 0 N–H and O–H groups in total. The summed E-state index contributed by atoms with van der Waals surface area (Å²) in [5, 5.41) is 0. The fraction of sp³-hybridized carbons (Fsp3) is 0.0833. The van der Waals surface area contributed by atoms with Crippen LogP contribution in [0.5, 0.6) is 0 Å². The lowest BCUT2D eigenvalue weighted by molar-refractivity contribution is 0.106. The van der Waals surface area contributed by atoms with Crippen LogP contribution in [0, 0.1) is 0 Å². The number of nitrogens with zero attached hydrogens (tertiary/aromatic N) is 2. The van der Waals surface area contributed by atoms with Crippen molar-refractivity contribution in [2.45, 2.75) is 6.42 Å². The topological polar surface area (TPSA) is 42.3 Å². The number of allylic oxidation sites excluding steroid dienone is 3. The van der Waals surface area contributed by atoms with Gasteiger partial charge in [0.2, 0.25) is 5.78 Å². The summed E-state index contributed by atoms with van der Waals surface area (Å²) in [5.74, 6) is -0.140. The number of Topliss-reactive ketones (excluding diaryl/α,β-unsaturated/α-hetero) is 1. The molecule has 1 aliphatic heterocycles. The maximum Gasteiger partial charge on any atom is 0.229 e. The molecule has 1 aliphatic rings. The van der Waals surface area contributed by atoms with E-state index in [1.807, 2.05) is 12.2 Å². The van der Waals surface area contributed by atoms with Crippen LogP contribution in [0.1, 0.15) is 16.9 Å². The molecule has 3 heteroatoms. The molecule has 15 heavy (non-hydrogen) atoms. The van der Waals surface area contributed by atoms with Crippen LogP contribution in [0.25, 0.3) is 0 Å². The second kappa shape index (κ2) is 4.46. The molecule has 74 valence electrons. The summed E-state index contributed by atoms with van der Waals surface area (Å²) >= 11 is 0. The lowest BCUT2D eigenvalue weighted by atomic mass is 10.1. The fourth-order valence-electron chi connectivity index (χ4n) is 1.26. The van der Waals surface area contributed by atoms with Crippen molar-refractivity contribution in [1.82, 2.24) is 4.98 Å². The maximum absolute atomic E-state index is 11.9. The van der Waals surface area contributed by atoms with E-state index in [-0.39, 0.29) is 5.78 Å². The van der Waals surface area contributed by atoms with E-state index in [0.717, 1.165) is 6.42 Å². The Hall–Kier alpha value is -2.03. The van der Waals surface area contributed by atoms with Crippen molar-refractivity contribution in [1.29, 1.82) is 0 Å². The average molecular weight is 198 g/mol.